The lowest BCUT2D eigenvalue weighted by Gasteiger charge is -2.60. The maximum atomic E-state index is 10.6. The molecule has 0 aromatic heterocycles. The zero-order valence-electron chi connectivity index (χ0n) is 13.6. The number of hydrogen-bond donors (Lipinski definition) is 1. The summed E-state index contributed by atoms with van der Waals surface area (Å²) in [4.78, 5) is -0.298. The van der Waals surface area contributed by atoms with Crippen molar-refractivity contribution in [3.63, 3.8) is 0 Å². The molecule has 2 heteroatoms. The predicted molar refractivity (Wildman–Crippen MR) is 88.1 cm³/mol. The molecule has 118 valence electrons. The first-order valence-corrected chi connectivity index (χ1v) is 10.2. The minimum Gasteiger partial charge on any atom is -0.378 e. The Hall–Kier alpha value is 0.310. The van der Waals surface area contributed by atoms with Crippen LogP contribution in [0.3, 0.4) is 0 Å². The molecular formula is C19H30OS. The van der Waals surface area contributed by atoms with Crippen molar-refractivity contribution in [2.75, 3.05) is 0 Å². The molecule has 0 bridgehead atoms. The first-order chi connectivity index (χ1) is 9.95. The van der Waals surface area contributed by atoms with E-state index >= 15 is 0 Å². The van der Waals surface area contributed by atoms with Crippen LogP contribution >= 0.6 is 11.8 Å². The Morgan fingerprint density at radius 3 is 2.67 bits per heavy atom. The molecular weight excluding hydrogens is 276 g/mol. The fraction of sp³-hybridized carbons (Fsp3) is 1.00. The fourth-order valence-corrected chi connectivity index (χ4v) is 8.87. The predicted octanol–water partition coefficient (Wildman–Crippen LogP) is 4.83. The molecule has 1 nitrogen and oxygen atoms in total. The van der Waals surface area contributed by atoms with Crippen LogP contribution in [-0.4, -0.2) is 15.3 Å². The Morgan fingerprint density at radius 1 is 0.952 bits per heavy atom. The fourth-order valence-electron chi connectivity index (χ4n) is 7.53. The molecule has 1 N–H and O–H groups in total. The summed E-state index contributed by atoms with van der Waals surface area (Å²) < 4.78 is 0. The molecule has 8 atom stereocenters. The summed E-state index contributed by atoms with van der Waals surface area (Å²) in [7, 11) is 0. The molecule has 0 aromatic carbocycles. The van der Waals surface area contributed by atoms with E-state index in [0.717, 1.165) is 30.1 Å². The average Bonchev–Trinajstić information content (AvgIpc) is 2.89. The first kappa shape index (κ1) is 13.7. The summed E-state index contributed by atoms with van der Waals surface area (Å²) in [6.45, 7) is 5.22. The highest BCUT2D eigenvalue weighted by Crippen LogP contribution is 2.72. The van der Waals surface area contributed by atoms with Crippen LogP contribution in [0.5, 0.6) is 0 Å². The van der Waals surface area contributed by atoms with Gasteiger partial charge in [0.05, 0.1) is 0 Å². The van der Waals surface area contributed by atoms with Crippen molar-refractivity contribution in [1.82, 2.24) is 0 Å². The Balaban J connectivity index is 1.47. The van der Waals surface area contributed by atoms with Crippen molar-refractivity contribution >= 4 is 11.8 Å². The van der Waals surface area contributed by atoms with E-state index in [9.17, 15) is 5.11 Å². The standard InChI is InChI=1S/C19H30OS/c1-17-8-3-4-14(17)13-6-5-12-10-19(20)16(21-19)11-18(12,2)15(13)7-9-17/h12-16,20H,3-11H2,1-2H3/t12?,13-,14-,15-,16?,17-,18-,19?/m0/s1. The van der Waals surface area contributed by atoms with E-state index in [1.807, 2.05) is 11.8 Å². The molecule has 21 heavy (non-hydrogen) atoms. The maximum Gasteiger partial charge on any atom is 0.123 e. The Morgan fingerprint density at radius 2 is 1.81 bits per heavy atom. The van der Waals surface area contributed by atoms with Crippen molar-refractivity contribution in [3.8, 4) is 0 Å². The van der Waals surface area contributed by atoms with Crippen LogP contribution < -0.4 is 0 Å². The lowest BCUT2D eigenvalue weighted by Crippen LogP contribution is -2.54. The molecule has 5 fully saturated rings. The molecule has 0 amide bonds. The van der Waals surface area contributed by atoms with E-state index in [4.69, 9.17) is 0 Å². The van der Waals surface area contributed by atoms with Gasteiger partial charge in [0.25, 0.3) is 0 Å². The minimum absolute atomic E-state index is 0.298. The molecule has 1 heterocycles. The molecule has 1 aliphatic heterocycles. The minimum atomic E-state index is -0.298. The van der Waals surface area contributed by atoms with Gasteiger partial charge >= 0.3 is 0 Å². The van der Waals surface area contributed by atoms with Gasteiger partial charge < -0.3 is 5.11 Å². The van der Waals surface area contributed by atoms with Gasteiger partial charge in [-0.15, -0.1) is 11.8 Å². The van der Waals surface area contributed by atoms with Crippen molar-refractivity contribution in [2.45, 2.75) is 81.8 Å². The molecule has 0 radical (unpaired) electrons. The van der Waals surface area contributed by atoms with Crippen LogP contribution in [0.25, 0.3) is 0 Å². The van der Waals surface area contributed by atoms with Gasteiger partial charge in [-0.3, -0.25) is 0 Å². The zero-order chi connectivity index (χ0) is 14.5. The molecule has 5 aliphatic rings. The number of rotatable bonds is 0. The largest absolute Gasteiger partial charge is 0.378 e. The number of thioether (sulfide) groups is 1. The van der Waals surface area contributed by atoms with Gasteiger partial charge in [-0.2, -0.15) is 0 Å². The Kier molecular flexibility index (Phi) is 2.64. The monoisotopic (exact) mass is 306 g/mol. The van der Waals surface area contributed by atoms with E-state index < -0.39 is 0 Å². The second kappa shape index (κ2) is 4.04. The van der Waals surface area contributed by atoms with Crippen LogP contribution in [0, 0.1) is 34.5 Å². The second-order valence-electron chi connectivity index (χ2n) is 9.60. The highest BCUT2D eigenvalue weighted by atomic mass is 32.2. The quantitative estimate of drug-likeness (QED) is 0.647. The number of hydrogen-bond acceptors (Lipinski definition) is 2. The molecule has 0 spiro atoms. The Labute approximate surface area is 133 Å². The van der Waals surface area contributed by atoms with Gasteiger partial charge in [0, 0.05) is 5.25 Å². The van der Waals surface area contributed by atoms with Gasteiger partial charge in [0.1, 0.15) is 4.93 Å². The summed E-state index contributed by atoms with van der Waals surface area (Å²) in [5.41, 5.74) is 1.24. The van der Waals surface area contributed by atoms with Gasteiger partial charge in [-0.1, -0.05) is 20.3 Å². The molecule has 3 unspecified atom stereocenters. The van der Waals surface area contributed by atoms with Crippen LogP contribution in [-0.2, 0) is 0 Å². The summed E-state index contributed by atoms with van der Waals surface area (Å²) in [6, 6.07) is 0. The number of fused-ring (bicyclic) bond motifs is 6. The molecule has 0 aromatic rings. The third-order valence-electron chi connectivity index (χ3n) is 8.80. The van der Waals surface area contributed by atoms with Crippen LogP contribution in [0.15, 0.2) is 0 Å². The highest BCUT2D eigenvalue weighted by Gasteiger charge is 2.67. The van der Waals surface area contributed by atoms with E-state index in [1.54, 1.807) is 0 Å². The molecule has 4 saturated carbocycles. The van der Waals surface area contributed by atoms with Crippen LogP contribution in [0.4, 0.5) is 0 Å². The third-order valence-corrected chi connectivity index (χ3v) is 10.2. The highest BCUT2D eigenvalue weighted by molar-refractivity contribution is 8.08. The summed E-state index contributed by atoms with van der Waals surface area (Å²) in [5.74, 6) is 3.82. The summed E-state index contributed by atoms with van der Waals surface area (Å²) in [6.07, 6.45) is 12.8. The summed E-state index contributed by atoms with van der Waals surface area (Å²) >= 11 is 1.88. The normalized spacial score (nSPS) is 65.0. The summed E-state index contributed by atoms with van der Waals surface area (Å²) in [5, 5.41) is 11.1. The SMILES string of the molecule is C[C@@]12CCC[C@H]1[C@@H]1CCC3CC4(O)SC4C[C@]3(C)[C@H]1CC2. The van der Waals surface area contributed by atoms with Gasteiger partial charge in [0.2, 0.25) is 0 Å². The first-order valence-electron chi connectivity index (χ1n) is 9.35. The van der Waals surface area contributed by atoms with Gasteiger partial charge in [-0.05, 0) is 85.9 Å². The van der Waals surface area contributed by atoms with Crippen LogP contribution in [0.2, 0.25) is 0 Å². The van der Waals surface area contributed by atoms with Gasteiger partial charge in [0.15, 0.2) is 0 Å². The maximum absolute atomic E-state index is 10.6. The van der Waals surface area contributed by atoms with E-state index in [0.29, 0.717) is 16.1 Å². The average molecular weight is 307 g/mol. The Bertz CT molecular complexity index is 478. The molecule has 4 aliphatic carbocycles. The van der Waals surface area contributed by atoms with E-state index in [1.165, 1.54) is 51.4 Å². The zero-order valence-corrected chi connectivity index (χ0v) is 14.4. The van der Waals surface area contributed by atoms with Crippen molar-refractivity contribution in [2.24, 2.45) is 34.5 Å². The van der Waals surface area contributed by atoms with E-state index in [-0.39, 0.29) is 4.93 Å². The topological polar surface area (TPSA) is 20.2 Å². The van der Waals surface area contributed by atoms with Crippen molar-refractivity contribution in [1.29, 1.82) is 0 Å². The third kappa shape index (κ3) is 1.70. The van der Waals surface area contributed by atoms with Crippen molar-refractivity contribution < 1.29 is 5.11 Å². The molecule has 5 rings (SSSR count). The second-order valence-corrected chi connectivity index (χ2v) is 11.1. The number of aliphatic hydroxyl groups is 1. The lowest BCUT2D eigenvalue weighted by molar-refractivity contribution is -0.116. The van der Waals surface area contributed by atoms with Crippen LogP contribution in [0.1, 0.15) is 71.6 Å². The van der Waals surface area contributed by atoms with E-state index in [2.05, 4.69) is 13.8 Å². The van der Waals surface area contributed by atoms with Crippen molar-refractivity contribution in [3.05, 3.63) is 0 Å². The smallest absolute Gasteiger partial charge is 0.123 e. The van der Waals surface area contributed by atoms with Gasteiger partial charge in [-0.25, -0.2) is 0 Å². The molecule has 1 saturated heterocycles. The lowest BCUT2D eigenvalue weighted by atomic mass is 9.45.